The molecule has 2 aliphatic heterocycles. The SMILES string of the molecule is Cc1ccc(-c2cc(O)c3c(c2)CN(C2CCN(C)CC2)CCO3)s1. The molecular formula is C20H26N2O2S. The van der Waals surface area contributed by atoms with Gasteiger partial charge in [0.1, 0.15) is 6.61 Å². The Morgan fingerprint density at radius 3 is 2.68 bits per heavy atom. The van der Waals surface area contributed by atoms with Crippen LogP contribution in [0.25, 0.3) is 10.4 Å². The maximum atomic E-state index is 10.5. The fraction of sp³-hybridized carbons (Fsp3) is 0.500. The third kappa shape index (κ3) is 3.54. The first-order valence-corrected chi connectivity index (χ1v) is 9.90. The number of rotatable bonds is 2. The van der Waals surface area contributed by atoms with E-state index in [1.54, 1.807) is 11.3 Å². The predicted molar refractivity (Wildman–Crippen MR) is 103 cm³/mol. The van der Waals surface area contributed by atoms with Crippen LogP contribution in [0.2, 0.25) is 0 Å². The molecule has 0 unspecified atom stereocenters. The van der Waals surface area contributed by atoms with Crippen LogP contribution < -0.4 is 4.74 Å². The van der Waals surface area contributed by atoms with Gasteiger partial charge < -0.3 is 14.7 Å². The number of aromatic hydroxyl groups is 1. The second-order valence-corrected chi connectivity index (χ2v) is 8.54. The Morgan fingerprint density at radius 1 is 1.16 bits per heavy atom. The van der Waals surface area contributed by atoms with E-state index in [4.69, 9.17) is 4.74 Å². The Bertz CT molecular complexity index is 750. The average Bonchev–Trinajstić information content (AvgIpc) is 2.91. The number of benzene rings is 1. The van der Waals surface area contributed by atoms with Crippen molar-refractivity contribution in [2.75, 3.05) is 33.3 Å². The lowest BCUT2D eigenvalue weighted by atomic mass is 10.0. The zero-order chi connectivity index (χ0) is 17.4. The number of hydrogen-bond donors (Lipinski definition) is 1. The van der Waals surface area contributed by atoms with E-state index in [0.717, 1.165) is 37.3 Å². The van der Waals surface area contributed by atoms with Gasteiger partial charge in [0.05, 0.1) is 0 Å². The number of ether oxygens (including phenoxy) is 1. The maximum Gasteiger partial charge on any atom is 0.165 e. The van der Waals surface area contributed by atoms with E-state index in [-0.39, 0.29) is 5.75 Å². The smallest absolute Gasteiger partial charge is 0.165 e. The molecule has 2 aromatic rings. The minimum absolute atomic E-state index is 0.267. The number of thiophene rings is 1. The van der Waals surface area contributed by atoms with Crippen molar-refractivity contribution in [3.63, 3.8) is 0 Å². The van der Waals surface area contributed by atoms with E-state index in [2.05, 4.69) is 42.0 Å². The molecule has 0 saturated carbocycles. The first-order valence-electron chi connectivity index (χ1n) is 9.08. The quantitative estimate of drug-likeness (QED) is 0.888. The van der Waals surface area contributed by atoms with Gasteiger partial charge in [-0.25, -0.2) is 0 Å². The van der Waals surface area contributed by atoms with Crippen molar-refractivity contribution < 1.29 is 9.84 Å². The summed E-state index contributed by atoms with van der Waals surface area (Å²) < 4.78 is 5.92. The van der Waals surface area contributed by atoms with E-state index >= 15 is 0 Å². The van der Waals surface area contributed by atoms with Crippen LogP contribution in [-0.4, -0.2) is 54.2 Å². The normalized spacial score (nSPS) is 20.1. The summed E-state index contributed by atoms with van der Waals surface area (Å²) in [6.07, 6.45) is 2.42. The van der Waals surface area contributed by atoms with Gasteiger partial charge in [0.2, 0.25) is 0 Å². The van der Waals surface area contributed by atoms with Crippen molar-refractivity contribution in [3.8, 4) is 21.9 Å². The number of fused-ring (bicyclic) bond motifs is 1. The molecule has 0 atom stereocenters. The molecule has 25 heavy (non-hydrogen) atoms. The zero-order valence-corrected chi connectivity index (χ0v) is 15.8. The van der Waals surface area contributed by atoms with Crippen LogP contribution in [-0.2, 0) is 6.54 Å². The van der Waals surface area contributed by atoms with Crippen LogP contribution in [0.4, 0.5) is 0 Å². The Kier molecular flexibility index (Phi) is 4.71. The summed E-state index contributed by atoms with van der Waals surface area (Å²) in [4.78, 5) is 7.43. The first kappa shape index (κ1) is 16.9. The zero-order valence-electron chi connectivity index (χ0n) is 15.0. The average molecular weight is 359 g/mol. The summed E-state index contributed by atoms with van der Waals surface area (Å²) in [6.45, 7) is 6.86. The lowest BCUT2D eigenvalue weighted by molar-refractivity contribution is 0.107. The number of phenols is 1. The number of nitrogens with zero attached hydrogens (tertiary/aromatic N) is 2. The van der Waals surface area contributed by atoms with E-state index in [1.165, 1.54) is 22.6 Å². The number of piperidine rings is 1. The molecule has 2 aliphatic rings. The van der Waals surface area contributed by atoms with Crippen molar-refractivity contribution in [1.29, 1.82) is 0 Å². The second kappa shape index (κ2) is 6.98. The van der Waals surface area contributed by atoms with Gasteiger partial charge in [-0.3, -0.25) is 4.90 Å². The highest BCUT2D eigenvalue weighted by Gasteiger charge is 2.27. The van der Waals surface area contributed by atoms with Gasteiger partial charge in [-0.2, -0.15) is 0 Å². The fourth-order valence-electron chi connectivity index (χ4n) is 3.92. The largest absolute Gasteiger partial charge is 0.504 e. The highest BCUT2D eigenvalue weighted by atomic mass is 32.1. The Balaban J connectivity index is 1.62. The van der Waals surface area contributed by atoms with E-state index in [0.29, 0.717) is 18.4 Å². The number of hydrogen-bond acceptors (Lipinski definition) is 5. The highest BCUT2D eigenvalue weighted by molar-refractivity contribution is 7.15. The molecule has 4 nitrogen and oxygen atoms in total. The molecule has 0 aliphatic carbocycles. The molecule has 0 bridgehead atoms. The van der Waals surface area contributed by atoms with Gasteiger partial charge in [0, 0.05) is 34.4 Å². The second-order valence-electron chi connectivity index (χ2n) is 7.25. The summed E-state index contributed by atoms with van der Waals surface area (Å²) in [5.74, 6) is 0.941. The monoisotopic (exact) mass is 358 g/mol. The summed E-state index contributed by atoms with van der Waals surface area (Å²) in [5, 5.41) is 10.5. The van der Waals surface area contributed by atoms with Crippen LogP contribution >= 0.6 is 11.3 Å². The third-order valence-electron chi connectivity index (χ3n) is 5.37. The predicted octanol–water partition coefficient (Wildman–Crippen LogP) is 3.72. The van der Waals surface area contributed by atoms with Gasteiger partial charge in [-0.15, -0.1) is 11.3 Å². The lowest BCUT2D eigenvalue weighted by Crippen LogP contribution is -2.44. The molecule has 5 heteroatoms. The van der Waals surface area contributed by atoms with E-state index in [1.807, 2.05) is 6.07 Å². The Hall–Kier alpha value is -1.56. The molecule has 1 aromatic carbocycles. The minimum Gasteiger partial charge on any atom is -0.504 e. The number of phenolic OH excluding ortho intramolecular Hbond substituents is 1. The minimum atomic E-state index is 0.267. The molecule has 1 N–H and O–H groups in total. The summed E-state index contributed by atoms with van der Waals surface area (Å²) >= 11 is 1.76. The molecule has 0 amide bonds. The summed E-state index contributed by atoms with van der Waals surface area (Å²) in [6, 6.07) is 8.92. The summed E-state index contributed by atoms with van der Waals surface area (Å²) in [7, 11) is 2.20. The van der Waals surface area contributed by atoms with Gasteiger partial charge in [-0.1, -0.05) is 0 Å². The molecule has 4 rings (SSSR count). The standard InChI is InChI=1S/C20H26N2O2S/c1-14-3-4-19(25-14)15-11-16-13-22(17-5-7-21(2)8-6-17)9-10-24-20(16)18(23)12-15/h3-4,11-12,17,23H,5-10,13H2,1-2H3. The van der Waals surface area contributed by atoms with E-state index < -0.39 is 0 Å². The van der Waals surface area contributed by atoms with Crippen molar-refractivity contribution in [2.24, 2.45) is 0 Å². The van der Waals surface area contributed by atoms with Gasteiger partial charge >= 0.3 is 0 Å². The molecule has 0 spiro atoms. The van der Waals surface area contributed by atoms with E-state index in [9.17, 15) is 5.11 Å². The van der Waals surface area contributed by atoms with Crippen molar-refractivity contribution in [1.82, 2.24) is 9.80 Å². The van der Waals surface area contributed by atoms with Gasteiger partial charge in [-0.05, 0) is 69.7 Å². The highest BCUT2D eigenvalue weighted by Crippen LogP contribution is 2.39. The number of likely N-dealkylation sites (tertiary alicyclic amines) is 1. The molecule has 1 fully saturated rings. The number of aryl methyl sites for hydroxylation is 1. The Morgan fingerprint density at radius 2 is 1.96 bits per heavy atom. The van der Waals surface area contributed by atoms with Crippen LogP contribution in [0.1, 0.15) is 23.3 Å². The molecule has 3 heterocycles. The Labute approximate surface area is 153 Å². The van der Waals surface area contributed by atoms with Gasteiger partial charge in [0.25, 0.3) is 0 Å². The van der Waals surface area contributed by atoms with Crippen molar-refractivity contribution in [2.45, 2.75) is 32.4 Å². The fourth-order valence-corrected chi connectivity index (χ4v) is 4.78. The maximum absolute atomic E-state index is 10.5. The topological polar surface area (TPSA) is 35.9 Å². The molecular weight excluding hydrogens is 332 g/mol. The van der Waals surface area contributed by atoms with Crippen LogP contribution in [0.3, 0.4) is 0 Å². The third-order valence-corrected chi connectivity index (χ3v) is 6.42. The molecule has 0 radical (unpaired) electrons. The first-order chi connectivity index (χ1) is 12.1. The van der Waals surface area contributed by atoms with Gasteiger partial charge in [0.15, 0.2) is 11.5 Å². The molecule has 1 aromatic heterocycles. The van der Waals surface area contributed by atoms with Crippen molar-refractivity contribution in [3.05, 3.63) is 34.7 Å². The lowest BCUT2D eigenvalue weighted by Gasteiger charge is -2.36. The molecule has 1 saturated heterocycles. The summed E-state index contributed by atoms with van der Waals surface area (Å²) in [5.41, 5.74) is 2.20. The van der Waals surface area contributed by atoms with Crippen LogP contribution in [0.15, 0.2) is 24.3 Å². The van der Waals surface area contributed by atoms with Crippen LogP contribution in [0.5, 0.6) is 11.5 Å². The molecule has 134 valence electrons. The van der Waals surface area contributed by atoms with Crippen LogP contribution in [0, 0.1) is 6.92 Å². The van der Waals surface area contributed by atoms with Crippen molar-refractivity contribution >= 4 is 11.3 Å².